The fourth-order valence-electron chi connectivity index (χ4n) is 1.89. The summed E-state index contributed by atoms with van der Waals surface area (Å²) in [6.45, 7) is -1.17. The van der Waals surface area contributed by atoms with Gasteiger partial charge in [-0.1, -0.05) is 0 Å². The van der Waals surface area contributed by atoms with Crippen molar-refractivity contribution in [2.75, 3.05) is 6.61 Å². The van der Waals surface area contributed by atoms with Crippen molar-refractivity contribution in [3.63, 3.8) is 0 Å². The summed E-state index contributed by atoms with van der Waals surface area (Å²) in [7, 11) is -15.8. The standard InChI is InChI=1S/C6H15O15P3/c7-1-2(19-22(9,10)11)3-4(20-23(12,13)14)5(6(8)18-3)21-24(15,16)17/h2-8H,1H2,(H2,9,10,11)(H2,12,13,14)(H2,15,16,17)/t2-,3-,4+,5+,6+/m1/s1. The zero-order valence-electron chi connectivity index (χ0n) is 11.4. The molecule has 1 fully saturated rings. The zero-order valence-corrected chi connectivity index (χ0v) is 14.1. The van der Waals surface area contributed by atoms with Crippen LogP contribution in [0.5, 0.6) is 0 Å². The summed E-state index contributed by atoms with van der Waals surface area (Å²) >= 11 is 0. The maximum atomic E-state index is 11.0. The lowest BCUT2D eigenvalue weighted by Crippen LogP contribution is -2.43. The van der Waals surface area contributed by atoms with Crippen LogP contribution in [0.2, 0.25) is 0 Å². The Morgan fingerprint density at radius 1 is 0.875 bits per heavy atom. The quantitative estimate of drug-likeness (QED) is 0.184. The molecule has 0 radical (unpaired) electrons. The van der Waals surface area contributed by atoms with Crippen LogP contribution in [-0.2, 0) is 32.0 Å². The van der Waals surface area contributed by atoms with Gasteiger partial charge in [-0.05, 0) is 0 Å². The maximum Gasteiger partial charge on any atom is 0.470 e. The van der Waals surface area contributed by atoms with Crippen LogP contribution in [0.3, 0.4) is 0 Å². The van der Waals surface area contributed by atoms with Gasteiger partial charge in [-0.2, -0.15) is 0 Å². The highest BCUT2D eigenvalue weighted by Gasteiger charge is 2.54. The van der Waals surface area contributed by atoms with Gasteiger partial charge >= 0.3 is 23.5 Å². The summed E-state index contributed by atoms with van der Waals surface area (Å²) in [4.78, 5) is 52.6. The van der Waals surface area contributed by atoms with Crippen LogP contribution < -0.4 is 0 Å². The van der Waals surface area contributed by atoms with Crippen molar-refractivity contribution in [1.29, 1.82) is 0 Å². The van der Waals surface area contributed by atoms with Crippen LogP contribution in [0, 0.1) is 0 Å². The number of hydrogen-bond donors (Lipinski definition) is 8. The molecule has 0 saturated carbocycles. The van der Waals surface area contributed by atoms with Crippen LogP contribution in [0.15, 0.2) is 0 Å². The molecule has 1 aliphatic rings. The van der Waals surface area contributed by atoms with Crippen molar-refractivity contribution < 1.29 is 71.6 Å². The molecule has 1 rings (SSSR count). The van der Waals surface area contributed by atoms with Crippen molar-refractivity contribution >= 4 is 23.5 Å². The van der Waals surface area contributed by atoms with Gasteiger partial charge in [-0.15, -0.1) is 0 Å². The second-order valence-electron chi connectivity index (χ2n) is 4.43. The number of rotatable bonds is 8. The lowest BCUT2D eigenvalue weighted by Gasteiger charge is -2.27. The number of hydrogen-bond acceptors (Lipinski definition) is 9. The fourth-order valence-corrected chi connectivity index (χ4v) is 3.52. The van der Waals surface area contributed by atoms with Gasteiger partial charge in [0.25, 0.3) is 0 Å². The first-order valence-electron chi connectivity index (χ1n) is 5.79. The molecular formula is C6H15O15P3. The third-order valence-corrected chi connectivity index (χ3v) is 4.14. The van der Waals surface area contributed by atoms with Crippen molar-refractivity contribution in [3.05, 3.63) is 0 Å². The lowest BCUT2D eigenvalue weighted by molar-refractivity contribution is -0.147. The average Bonchev–Trinajstić information content (AvgIpc) is 2.60. The molecule has 0 amide bonds. The number of aliphatic hydroxyl groups excluding tert-OH is 2. The van der Waals surface area contributed by atoms with Crippen LogP contribution in [0.1, 0.15) is 0 Å². The van der Waals surface area contributed by atoms with Gasteiger partial charge in [-0.25, -0.2) is 13.7 Å². The average molecular weight is 420 g/mol. The van der Waals surface area contributed by atoms with E-state index in [0.717, 1.165) is 0 Å². The molecule has 18 heteroatoms. The summed E-state index contributed by atoms with van der Waals surface area (Å²) in [5.74, 6) is 0. The normalized spacial score (nSPS) is 30.5. The van der Waals surface area contributed by atoms with E-state index >= 15 is 0 Å². The first kappa shape index (κ1) is 22.3. The minimum atomic E-state index is -5.34. The van der Waals surface area contributed by atoms with Crippen LogP contribution >= 0.6 is 23.5 Å². The number of aliphatic hydroxyl groups is 2. The molecule has 24 heavy (non-hydrogen) atoms. The van der Waals surface area contributed by atoms with E-state index in [-0.39, 0.29) is 0 Å². The molecule has 144 valence electrons. The van der Waals surface area contributed by atoms with E-state index in [1.54, 1.807) is 0 Å². The highest BCUT2D eigenvalue weighted by atomic mass is 31.2. The summed E-state index contributed by atoms with van der Waals surface area (Å²) in [6, 6.07) is 0. The van der Waals surface area contributed by atoms with Crippen molar-refractivity contribution in [2.24, 2.45) is 0 Å². The van der Waals surface area contributed by atoms with E-state index in [0.29, 0.717) is 0 Å². The van der Waals surface area contributed by atoms with Gasteiger partial charge in [0.1, 0.15) is 24.4 Å². The monoisotopic (exact) mass is 420 g/mol. The van der Waals surface area contributed by atoms with Crippen LogP contribution in [-0.4, -0.2) is 76.9 Å². The number of phosphoric ester groups is 3. The SMILES string of the molecule is O=P(O)(O)O[C@@H]1[C@H](OP(=O)(O)O)[C@@H](O)O[C@@H]1[C@@H](CO)OP(=O)(O)O. The van der Waals surface area contributed by atoms with Crippen molar-refractivity contribution in [3.8, 4) is 0 Å². The van der Waals surface area contributed by atoms with Gasteiger partial charge in [0, 0.05) is 0 Å². The summed E-state index contributed by atoms with van der Waals surface area (Å²) < 4.78 is 49.8. The molecular weight excluding hydrogens is 405 g/mol. The van der Waals surface area contributed by atoms with E-state index in [1.807, 2.05) is 0 Å². The first-order valence-corrected chi connectivity index (χ1v) is 10.4. The number of ether oxygens (including phenoxy) is 1. The number of phosphoric acid groups is 3. The fraction of sp³-hybridized carbons (Fsp3) is 1.00. The molecule has 8 N–H and O–H groups in total. The van der Waals surface area contributed by atoms with E-state index in [2.05, 4.69) is 18.3 Å². The van der Waals surface area contributed by atoms with E-state index in [1.165, 1.54) is 0 Å². The molecule has 1 heterocycles. The van der Waals surface area contributed by atoms with Gasteiger partial charge in [0.15, 0.2) is 6.29 Å². The molecule has 0 aromatic rings. The smallest absolute Gasteiger partial charge is 0.394 e. The molecule has 0 aromatic heterocycles. The molecule has 15 nitrogen and oxygen atoms in total. The molecule has 0 spiro atoms. The summed E-state index contributed by atoms with van der Waals surface area (Å²) in [6.07, 6.45) is -10.5. The van der Waals surface area contributed by atoms with E-state index in [4.69, 9.17) is 34.5 Å². The lowest BCUT2D eigenvalue weighted by atomic mass is 10.1. The second kappa shape index (κ2) is 7.84. The highest BCUT2D eigenvalue weighted by Crippen LogP contribution is 2.49. The Bertz CT molecular complexity index is 560. The molecule has 1 aliphatic heterocycles. The molecule has 0 bridgehead atoms. The summed E-state index contributed by atoms with van der Waals surface area (Å²) in [5, 5.41) is 18.7. The van der Waals surface area contributed by atoms with Gasteiger partial charge in [0.2, 0.25) is 0 Å². The third-order valence-electron chi connectivity index (χ3n) is 2.56. The molecule has 0 unspecified atom stereocenters. The Balaban J connectivity index is 3.14. The van der Waals surface area contributed by atoms with Crippen molar-refractivity contribution in [1.82, 2.24) is 0 Å². The Labute approximate surface area is 133 Å². The van der Waals surface area contributed by atoms with Crippen LogP contribution in [0.25, 0.3) is 0 Å². The molecule has 5 atom stereocenters. The largest absolute Gasteiger partial charge is 0.470 e. The molecule has 0 aromatic carbocycles. The third kappa shape index (κ3) is 7.22. The second-order valence-corrected chi connectivity index (χ2v) is 8.01. The molecule has 0 aliphatic carbocycles. The Kier molecular flexibility index (Phi) is 7.27. The Morgan fingerprint density at radius 2 is 1.33 bits per heavy atom. The van der Waals surface area contributed by atoms with Crippen LogP contribution in [0.4, 0.5) is 0 Å². The first-order chi connectivity index (χ1) is 10.6. The highest BCUT2D eigenvalue weighted by molar-refractivity contribution is 7.46. The van der Waals surface area contributed by atoms with Crippen molar-refractivity contribution in [2.45, 2.75) is 30.7 Å². The topological polar surface area (TPSA) is 250 Å². The predicted molar refractivity (Wildman–Crippen MR) is 68.7 cm³/mol. The summed E-state index contributed by atoms with van der Waals surface area (Å²) in [5.41, 5.74) is 0. The Hall–Kier alpha value is 0.210. The van der Waals surface area contributed by atoms with Gasteiger partial charge in [-0.3, -0.25) is 13.6 Å². The Morgan fingerprint density at radius 3 is 1.71 bits per heavy atom. The minimum absolute atomic E-state index is 1.17. The predicted octanol–water partition coefficient (Wildman–Crippen LogP) is -2.87. The zero-order chi connectivity index (χ0) is 18.9. The minimum Gasteiger partial charge on any atom is -0.394 e. The van der Waals surface area contributed by atoms with E-state index < -0.39 is 60.8 Å². The maximum absolute atomic E-state index is 11.0. The van der Waals surface area contributed by atoms with Gasteiger partial charge < -0.3 is 44.3 Å². The van der Waals surface area contributed by atoms with E-state index in [9.17, 15) is 18.8 Å². The van der Waals surface area contributed by atoms with Gasteiger partial charge in [0.05, 0.1) is 6.61 Å². The molecule has 1 saturated heterocycles.